The van der Waals surface area contributed by atoms with Gasteiger partial charge in [0.15, 0.2) is 0 Å². The maximum absolute atomic E-state index is 13.8. The number of carbonyl (C=O) groups is 2. The number of carbonyl (C=O) groups excluding carboxylic acids is 2. The van der Waals surface area contributed by atoms with E-state index in [2.05, 4.69) is 21.2 Å². The normalized spacial score (nSPS) is 14.2. The number of benzene rings is 1. The lowest BCUT2D eigenvalue weighted by molar-refractivity contribution is -0.132. The molecule has 0 spiro atoms. The highest BCUT2D eigenvalue weighted by Gasteiger charge is 2.22. The number of halogens is 3. The van der Waals surface area contributed by atoms with Gasteiger partial charge in [-0.3, -0.25) is 9.59 Å². The van der Waals surface area contributed by atoms with Gasteiger partial charge in [-0.05, 0) is 18.2 Å². The van der Waals surface area contributed by atoms with Crippen molar-refractivity contribution < 1.29 is 14.0 Å². The molecule has 1 fully saturated rings. The molecule has 0 saturated carbocycles. The number of hydrogen-bond donors (Lipinski definition) is 1. The molecule has 122 valence electrons. The molecular weight excluding hydrogens is 377 g/mol. The Kier molecular flexibility index (Phi) is 7.25. The number of likely N-dealkylation sites (N-methyl/N-ethyl adjacent to an activating group) is 1. The number of rotatable bonds is 3. The number of nitrogens with one attached hydrogen (secondary N) is 1. The first-order valence-corrected chi connectivity index (χ1v) is 7.47. The highest BCUT2D eigenvalue weighted by Crippen LogP contribution is 2.16. The van der Waals surface area contributed by atoms with Crippen LogP contribution in [0.25, 0.3) is 0 Å². The number of hydrogen-bond acceptors (Lipinski definition) is 3. The van der Waals surface area contributed by atoms with E-state index in [4.69, 9.17) is 0 Å². The van der Waals surface area contributed by atoms with Crippen molar-refractivity contribution in [1.82, 2.24) is 15.1 Å². The summed E-state index contributed by atoms with van der Waals surface area (Å²) < 4.78 is 14.3. The smallest absolute Gasteiger partial charge is 0.257 e. The molecule has 1 aliphatic heterocycles. The Bertz CT molecular complexity index is 553. The fraction of sp³-hybridized carbons (Fsp3) is 0.429. The van der Waals surface area contributed by atoms with E-state index in [0.29, 0.717) is 17.6 Å². The van der Waals surface area contributed by atoms with Gasteiger partial charge >= 0.3 is 0 Å². The minimum Gasteiger partial charge on any atom is -0.339 e. The summed E-state index contributed by atoms with van der Waals surface area (Å²) in [6, 6.07) is 4.25. The second-order valence-corrected chi connectivity index (χ2v) is 5.83. The molecule has 8 heteroatoms. The summed E-state index contributed by atoms with van der Waals surface area (Å²) in [6.45, 7) is 2.73. The van der Waals surface area contributed by atoms with Crippen LogP contribution >= 0.6 is 28.3 Å². The van der Waals surface area contributed by atoms with E-state index in [-0.39, 0.29) is 30.4 Å². The van der Waals surface area contributed by atoms with Crippen molar-refractivity contribution in [2.75, 3.05) is 39.8 Å². The molecule has 5 nitrogen and oxygen atoms in total. The minimum absolute atomic E-state index is 0. The topological polar surface area (TPSA) is 52.7 Å². The maximum Gasteiger partial charge on any atom is 0.257 e. The summed E-state index contributed by atoms with van der Waals surface area (Å²) in [6.07, 6.45) is 0. The van der Waals surface area contributed by atoms with Crippen LogP contribution < -0.4 is 5.32 Å². The first-order chi connectivity index (χ1) is 9.99. The summed E-state index contributed by atoms with van der Waals surface area (Å²) in [5.74, 6) is -1.22. The van der Waals surface area contributed by atoms with Gasteiger partial charge in [0.25, 0.3) is 5.91 Å². The Hall–Kier alpha value is -1.18. The summed E-state index contributed by atoms with van der Waals surface area (Å²) in [5, 5.41) is 3.16. The van der Waals surface area contributed by atoms with Crippen LogP contribution in [-0.2, 0) is 4.79 Å². The van der Waals surface area contributed by atoms with E-state index >= 15 is 0 Å². The quantitative estimate of drug-likeness (QED) is 0.846. The highest BCUT2D eigenvalue weighted by atomic mass is 79.9. The van der Waals surface area contributed by atoms with E-state index in [9.17, 15) is 14.0 Å². The van der Waals surface area contributed by atoms with Gasteiger partial charge in [-0.2, -0.15) is 0 Å². The van der Waals surface area contributed by atoms with Gasteiger partial charge in [-0.25, -0.2) is 4.39 Å². The number of amides is 2. The molecule has 0 unspecified atom stereocenters. The molecule has 0 aromatic heterocycles. The van der Waals surface area contributed by atoms with Crippen molar-refractivity contribution >= 4 is 40.2 Å². The Morgan fingerprint density at radius 2 is 2.00 bits per heavy atom. The highest BCUT2D eigenvalue weighted by molar-refractivity contribution is 9.10. The fourth-order valence-corrected chi connectivity index (χ4v) is 2.49. The SMILES string of the molecule is CN(CC(=O)N1CCNCC1)C(=O)c1ccc(Br)cc1F.Cl. The van der Waals surface area contributed by atoms with E-state index in [0.717, 1.165) is 13.1 Å². The van der Waals surface area contributed by atoms with Crippen LogP contribution in [0, 0.1) is 5.82 Å². The molecule has 0 atom stereocenters. The van der Waals surface area contributed by atoms with Crippen molar-refractivity contribution in [3.63, 3.8) is 0 Å². The van der Waals surface area contributed by atoms with Crippen molar-refractivity contribution in [3.05, 3.63) is 34.1 Å². The predicted molar refractivity (Wildman–Crippen MR) is 87.8 cm³/mol. The molecule has 0 radical (unpaired) electrons. The van der Waals surface area contributed by atoms with Crippen LogP contribution in [0.5, 0.6) is 0 Å². The summed E-state index contributed by atoms with van der Waals surface area (Å²) in [4.78, 5) is 27.2. The van der Waals surface area contributed by atoms with Crippen LogP contribution in [0.4, 0.5) is 4.39 Å². The molecule has 2 rings (SSSR count). The van der Waals surface area contributed by atoms with E-state index in [1.165, 1.54) is 24.1 Å². The second-order valence-electron chi connectivity index (χ2n) is 4.92. The molecule has 1 aliphatic rings. The molecule has 1 N–H and O–H groups in total. The second kappa shape index (κ2) is 8.45. The fourth-order valence-electron chi connectivity index (χ4n) is 2.16. The molecule has 1 aromatic carbocycles. The predicted octanol–water partition coefficient (Wildman–Crippen LogP) is 1.51. The minimum atomic E-state index is -0.601. The van der Waals surface area contributed by atoms with Gasteiger partial charge in [0, 0.05) is 37.7 Å². The van der Waals surface area contributed by atoms with Crippen LogP contribution in [0.3, 0.4) is 0 Å². The van der Waals surface area contributed by atoms with Crippen LogP contribution in [-0.4, -0.2) is 61.4 Å². The zero-order valence-corrected chi connectivity index (χ0v) is 14.5. The molecule has 22 heavy (non-hydrogen) atoms. The maximum atomic E-state index is 13.8. The standard InChI is InChI=1S/C14H17BrFN3O2.ClH/c1-18(9-13(20)19-6-4-17-5-7-19)14(21)11-3-2-10(15)8-12(11)16;/h2-3,8,17H,4-7,9H2,1H3;1H. The Morgan fingerprint density at radius 3 is 2.59 bits per heavy atom. The van der Waals surface area contributed by atoms with E-state index in [1.807, 2.05) is 0 Å². The molecule has 0 bridgehead atoms. The van der Waals surface area contributed by atoms with Crippen LogP contribution in [0.15, 0.2) is 22.7 Å². The number of nitrogens with zero attached hydrogens (tertiary/aromatic N) is 2. The zero-order valence-electron chi connectivity index (χ0n) is 12.1. The van der Waals surface area contributed by atoms with Gasteiger partial charge in [0.1, 0.15) is 5.82 Å². The van der Waals surface area contributed by atoms with Crippen molar-refractivity contribution in [2.24, 2.45) is 0 Å². The van der Waals surface area contributed by atoms with Gasteiger partial charge in [0.05, 0.1) is 12.1 Å². The van der Waals surface area contributed by atoms with Crippen molar-refractivity contribution in [1.29, 1.82) is 0 Å². The van der Waals surface area contributed by atoms with Gasteiger partial charge in [-0.1, -0.05) is 15.9 Å². The van der Waals surface area contributed by atoms with Gasteiger partial charge < -0.3 is 15.1 Å². The lowest BCUT2D eigenvalue weighted by atomic mass is 10.2. The largest absolute Gasteiger partial charge is 0.339 e. The molecular formula is C14H18BrClFN3O2. The average Bonchev–Trinajstić information content (AvgIpc) is 2.47. The first kappa shape index (κ1) is 18.9. The Morgan fingerprint density at radius 1 is 1.36 bits per heavy atom. The zero-order chi connectivity index (χ0) is 15.4. The van der Waals surface area contributed by atoms with E-state index < -0.39 is 11.7 Å². The molecule has 1 heterocycles. The molecule has 1 saturated heterocycles. The summed E-state index contributed by atoms with van der Waals surface area (Å²) in [5.41, 5.74) is -0.0335. The average molecular weight is 395 g/mol. The molecule has 1 aromatic rings. The van der Waals surface area contributed by atoms with Crippen molar-refractivity contribution in [3.8, 4) is 0 Å². The third-order valence-electron chi connectivity index (χ3n) is 3.35. The number of piperazine rings is 1. The van der Waals surface area contributed by atoms with Gasteiger partial charge in [0.2, 0.25) is 5.91 Å². The molecule has 2 amide bonds. The lowest BCUT2D eigenvalue weighted by Gasteiger charge is -2.29. The van der Waals surface area contributed by atoms with Crippen LogP contribution in [0.2, 0.25) is 0 Å². The third-order valence-corrected chi connectivity index (χ3v) is 3.84. The Balaban J connectivity index is 0.00000242. The van der Waals surface area contributed by atoms with Gasteiger partial charge in [-0.15, -0.1) is 12.4 Å². The summed E-state index contributed by atoms with van der Waals surface area (Å²) >= 11 is 3.14. The lowest BCUT2D eigenvalue weighted by Crippen LogP contribution is -2.49. The monoisotopic (exact) mass is 393 g/mol. The third kappa shape index (κ3) is 4.66. The summed E-state index contributed by atoms with van der Waals surface area (Å²) in [7, 11) is 1.50. The first-order valence-electron chi connectivity index (χ1n) is 6.68. The van der Waals surface area contributed by atoms with Crippen molar-refractivity contribution in [2.45, 2.75) is 0 Å². The Labute approximate surface area is 143 Å². The van der Waals surface area contributed by atoms with Crippen LogP contribution in [0.1, 0.15) is 10.4 Å². The van der Waals surface area contributed by atoms with E-state index in [1.54, 1.807) is 11.0 Å². The molecule has 0 aliphatic carbocycles.